The molecule has 0 atom stereocenters. The van der Waals surface area contributed by atoms with E-state index in [1.807, 2.05) is 12.1 Å². The van der Waals surface area contributed by atoms with Crippen LogP contribution in [0.5, 0.6) is 0 Å². The Kier molecular flexibility index (Phi) is 6.53. The van der Waals surface area contributed by atoms with Crippen molar-refractivity contribution < 1.29 is 4.42 Å². The molecule has 1 heterocycles. The number of furan rings is 1. The molecule has 10 rings (SSSR count). The molecule has 2 heteroatoms. The summed E-state index contributed by atoms with van der Waals surface area (Å²) in [5.41, 5.74) is 9.95. The zero-order valence-corrected chi connectivity index (χ0v) is 27.3. The maximum Gasteiger partial charge on any atom is 0.136 e. The van der Waals surface area contributed by atoms with Crippen molar-refractivity contribution in [3.05, 3.63) is 188 Å². The van der Waals surface area contributed by atoms with E-state index in [2.05, 4.69) is 181 Å². The van der Waals surface area contributed by atoms with Crippen LogP contribution in [0.4, 0.5) is 17.1 Å². The second kappa shape index (κ2) is 11.5. The van der Waals surface area contributed by atoms with Crippen molar-refractivity contribution in [1.82, 2.24) is 0 Å². The van der Waals surface area contributed by atoms with Gasteiger partial charge < -0.3 is 9.32 Å². The van der Waals surface area contributed by atoms with Gasteiger partial charge in [0.25, 0.3) is 0 Å². The summed E-state index contributed by atoms with van der Waals surface area (Å²) in [5.74, 6) is 0. The van der Waals surface area contributed by atoms with E-state index in [0.717, 1.165) is 39.0 Å². The summed E-state index contributed by atoms with van der Waals surface area (Å²) in [4.78, 5) is 2.34. The number of benzene rings is 9. The van der Waals surface area contributed by atoms with E-state index in [9.17, 15) is 0 Å². The molecule has 0 unspecified atom stereocenters. The summed E-state index contributed by atoms with van der Waals surface area (Å²) in [6, 6.07) is 67.6. The van der Waals surface area contributed by atoms with Crippen molar-refractivity contribution in [1.29, 1.82) is 0 Å². The van der Waals surface area contributed by atoms with E-state index in [4.69, 9.17) is 4.42 Å². The van der Waals surface area contributed by atoms with E-state index in [-0.39, 0.29) is 0 Å². The van der Waals surface area contributed by atoms with Gasteiger partial charge in [-0.05, 0) is 115 Å². The highest BCUT2D eigenvalue weighted by Gasteiger charge is 2.16. The summed E-state index contributed by atoms with van der Waals surface area (Å²) in [6.07, 6.45) is 0. The average molecular weight is 638 g/mol. The third-order valence-electron chi connectivity index (χ3n) is 9.98. The Bertz CT molecular complexity index is 2870. The van der Waals surface area contributed by atoms with Crippen molar-refractivity contribution in [2.45, 2.75) is 0 Å². The molecule has 0 N–H and O–H groups in total. The van der Waals surface area contributed by atoms with Gasteiger partial charge in [0.1, 0.15) is 11.2 Å². The number of anilines is 3. The molecule has 0 saturated heterocycles. The molecule has 0 fully saturated rings. The molecule has 234 valence electrons. The molecule has 9 aromatic carbocycles. The van der Waals surface area contributed by atoms with Gasteiger partial charge in [-0.3, -0.25) is 0 Å². The fourth-order valence-corrected chi connectivity index (χ4v) is 7.59. The molecule has 0 radical (unpaired) electrons. The highest BCUT2D eigenvalue weighted by Crippen LogP contribution is 2.41. The van der Waals surface area contributed by atoms with E-state index < -0.39 is 0 Å². The van der Waals surface area contributed by atoms with Crippen LogP contribution in [-0.4, -0.2) is 0 Å². The zero-order chi connectivity index (χ0) is 33.0. The van der Waals surface area contributed by atoms with Crippen LogP contribution in [0.3, 0.4) is 0 Å². The number of nitrogens with zero attached hydrogens (tertiary/aromatic N) is 1. The Morgan fingerprint density at radius 2 is 0.880 bits per heavy atom. The summed E-state index contributed by atoms with van der Waals surface area (Å²) in [7, 11) is 0. The van der Waals surface area contributed by atoms with Crippen LogP contribution in [0, 0.1) is 0 Å². The molecule has 0 aliphatic carbocycles. The molecule has 10 aromatic rings. The monoisotopic (exact) mass is 637 g/mol. The third kappa shape index (κ3) is 4.73. The third-order valence-corrected chi connectivity index (χ3v) is 9.98. The van der Waals surface area contributed by atoms with E-state index in [1.54, 1.807) is 0 Å². The fraction of sp³-hybridized carbons (Fsp3) is 0. The first kappa shape index (κ1) is 28.4. The number of para-hydroxylation sites is 2. The molecule has 0 bridgehead atoms. The molecule has 1 aromatic heterocycles. The lowest BCUT2D eigenvalue weighted by atomic mass is 9.93. The maximum absolute atomic E-state index is 6.23. The normalized spacial score (nSPS) is 11.6. The van der Waals surface area contributed by atoms with Crippen LogP contribution in [0.25, 0.3) is 76.5 Å². The second-order valence-electron chi connectivity index (χ2n) is 13.0. The summed E-state index contributed by atoms with van der Waals surface area (Å²) in [5, 5.41) is 9.74. The Hall–Kier alpha value is -6.64. The molecule has 0 aliphatic rings. The summed E-state index contributed by atoms with van der Waals surface area (Å²) >= 11 is 0. The van der Waals surface area contributed by atoms with Gasteiger partial charge in [-0.15, -0.1) is 0 Å². The van der Waals surface area contributed by atoms with Gasteiger partial charge in [0.05, 0.1) is 0 Å². The van der Waals surface area contributed by atoms with Crippen LogP contribution in [-0.2, 0) is 0 Å². The molecule has 0 spiro atoms. The molecular weight excluding hydrogens is 607 g/mol. The van der Waals surface area contributed by atoms with Crippen LogP contribution < -0.4 is 4.90 Å². The SMILES string of the molecule is c1ccc(-c2cccc(N(c3ccccc3)c3cccc(-c4ccc5c(ccc6ccc7cc8oc9ccccc9c8cc7c65)c4)c3)c2)cc1. The number of rotatable bonds is 5. The minimum Gasteiger partial charge on any atom is -0.456 e. The first-order chi connectivity index (χ1) is 24.8. The lowest BCUT2D eigenvalue weighted by molar-refractivity contribution is 0.669. The second-order valence-corrected chi connectivity index (χ2v) is 13.0. The molecule has 0 aliphatic heterocycles. The number of hydrogen-bond acceptors (Lipinski definition) is 2. The van der Waals surface area contributed by atoms with E-state index in [0.29, 0.717) is 0 Å². The molecule has 50 heavy (non-hydrogen) atoms. The minimum atomic E-state index is 0.925. The molecular formula is C48H31NO. The van der Waals surface area contributed by atoms with Crippen LogP contribution >= 0.6 is 0 Å². The van der Waals surface area contributed by atoms with Crippen LogP contribution in [0.15, 0.2) is 192 Å². The molecule has 0 saturated carbocycles. The van der Waals surface area contributed by atoms with Crippen molar-refractivity contribution in [3.8, 4) is 22.3 Å². The zero-order valence-electron chi connectivity index (χ0n) is 27.3. The number of fused-ring (bicyclic) bond motifs is 8. The van der Waals surface area contributed by atoms with Gasteiger partial charge in [-0.2, -0.15) is 0 Å². The van der Waals surface area contributed by atoms with E-state index >= 15 is 0 Å². The first-order valence-corrected chi connectivity index (χ1v) is 17.1. The standard InChI is InChI=1S/C48H31NO/c1-3-11-32(12-4-1)34-13-9-17-40(28-34)49(39-15-5-2-6-16-39)41-18-10-14-35(29-41)36-25-26-42-37(27-36)23-21-33-22-24-38-30-47-45(31-44(38)48(33)42)43-19-7-8-20-46(43)50-47/h1-31H. The molecule has 2 nitrogen and oxygen atoms in total. The predicted octanol–water partition coefficient (Wildman–Crippen LogP) is 13.8. The smallest absolute Gasteiger partial charge is 0.136 e. The van der Waals surface area contributed by atoms with Gasteiger partial charge in [-0.25, -0.2) is 0 Å². The average Bonchev–Trinajstić information content (AvgIpc) is 3.55. The highest BCUT2D eigenvalue weighted by atomic mass is 16.3. The van der Waals surface area contributed by atoms with Gasteiger partial charge in [0.15, 0.2) is 0 Å². The lowest BCUT2D eigenvalue weighted by Gasteiger charge is -2.26. The Labute approximate surface area is 290 Å². The van der Waals surface area contributed by atoms with Crippen LogP contribution in [0.1, 0.15) is 0 Å². The highest BCUT2D eigenvalue weighted by molar-refractivity contribution is 6.23. The quantitative estimate of drug-likeness (QED) is 0.175. The lowest BCUT2D eigenvalue weighted by Crippen LogP contribution is -2.10. The minimum absolute atomic E-state index is 0.925. The fourth-order valence-electron chi connectivity index (χ4n) is 7.59. The van der Waals surface area contributed by atoms with Gasteiger partial charge in [0.2, 0.25) is 0 Å². The Morgan fingerprint density at radius 1 is 0.300 bits per heavy atom. The summed E-state index contributed by atoms with van der Waals surface area (Å²) < 4.78 is 6.23. The van der Waals surface area contributed by atoms with Crippen molar-refractivity contribution >= 4 is 71.3 Å². The largest absolute Gasteiger partial charge is 0.456 e. The topological polar surface area (TPSA) is 16.4 Å². The van der Waals surface area contributed by atoms with Gasteiger partial charge in [-0.1, -0.05) is 127 Å². The van der Waals surface area contributed by atoms with Crippen molar-refractivity contribution in [2.75, 3.05) is 4.90 Å². The molecule has 0 amide bonds. The number of hydrogen-bond donors (Lipinski definition) is 0. The maximum atomic E-state index is 6.23. The van der Waals surface area contributed by atoms with E-state index in [1.165, 1.54) is 54.6 Å². The first-order valence-electron chi connectivity index (χ1n) is 17.1. The van der Waals surface area contributed by atoms with Gasteiger partial charge in [0, 0.05) is 27.8 Å². The Morgan fingerprint density at radius 3 is 1.64 bits per heavy atom. The van der Waals surface area contributed by atoms with Gasteiger partial charge >= 0.3 is 0 Å². The van der Waals surface area contributed by atoms with Crippen LogP contribution in [0.2, 0.25) is 0 Å². The van der Waals surface area contributed by atoms with Crippen molar-refractivity contribution in [2.24, 2.45) is 0 Å². The Balaban J connectivity index is 1.10. The van der Waals surface area contributed by atoms with Crippen molar-refractivity contribution in [3.63, 3.8) is 0 Å². The predicted molar refractivity (Wildman–Crippen MR) is 212 cm³/mol. The summed E-state index contributed by atoms with van der Waals surface area (Å²) in [6.45, 7) is 0.